The van der Waals surface area contributed by atoms with Crippen LogP contribution in [-0.4, -0.2) is 47.6 Å². The van der Waals surface area contributed by atoms with Crippen molar-refractivity contribution in [2.24, 2.45) is 5.92 Å². The zero-order valence-electron chi connectivity index (χ0n) is 17.5. The van der Waals surface area contributed by atoms with Crippen LogP contribution in [0.1, 0.15) is 25.3 Å². The average molecular weight is 446 g/mol. The van der Waals surface area contributed by atoms with Gasteiger partial charge in [-0.3, -0.25) is 4.57 Å². The van der Waals surface area contributed by atoms with Gasteiger partial charge in [-0.05, 0) is 68.6 Å². The van der Waals surface area contributed by atoms with Gasteiger partial charge in [0.15, 0.2) is 11.5 Å². The highest BCUT2D eigenvalue weighted by Crippen LogP contribution is 2.32. The van der Waals surface area contributed by atoms with Crippen LogP contribution in [0.3, 0.4) is 0 Å². The number of benzene rings is 2. The molecule has 8 heteroatoms. The zero-order valence-corrected chi connectivity index (χ0v) is 18.3. The molecule has 1 saturated heterocycles. The van der Waals surface area contributed by atoms with Crippen molar-refractivity contribution in [2.45, 2.75) is 31.4 Å². The van der Waals surface area contributed by atoms with Crippen LogP contribution >= 0.6 is 11.6 Å². The third-order valence-electron chi connectivity index (χ3n) is 5.90. The number of H-pyrrole nitrogens is 1. The molecule has 3 N–H and O–H groups in total. The number of halogens is 1. The second-order valence-electron chi connectivity index (χ2n) is 7.99. The van der Waals surface area contributed by atoms with Crippen LogP contribution < -0.4 is 20.5 Å². The maximum atomic E-state index is 12.9. The number of piperidine rings is 1. The highest BCUT2D eigenvalue weighted by atomic mass is 35.5. The lowest BCUT2D eigenvalue weighted by Crippen LogP contribution is -2.39. The molecule has 3 atom stereocenters. The van der Waals surface area contributed by atoms with Gasteiger partial charge >= 0.3 is 5.69 Å². The number of rotatable bonds is 8. The predicted molar refractivity (Wildman–Crippen MR) is 121 cm³/mol. The predicted octanol–water partition coefficient (Wildman–Crippen LogP) is 3.36. The first kappa shape index (κ1) is 21.7. The van der Waals surface area contributed by atoms with E-state index in [4.69, 9.17) is 21.1 Å². The van der Waals surface area contributed by atoms with Crippen molar-refractivity contribution in [3.63, 3.8) is 0 Å². The second kappa shape index (κ2) is 9.77. The Bertz CT molecular complexity index is 1070. The summed E-state index contributed by atoms with van der Waals surface area (Å²) in [6.45, 7) is 1.87. The molecule has 1 aliphatic heterocycles. The molecule has 0 radical (unpaired) electrons. The average Bonchev–Trinajstić information content (AvgIpc) is 3.11. The Morgan fingerprint density at radius 2 is 2.06 bits per heavy atom. The molecule has 31 heavy (non-hydrogen) atoms. The highest BCUT2D eigenvalue weighted by Gasteiger charge is 2.30. The third-order valence-corrected chi connectivity index (χ3v) is 6.14. The van der Waals surface area contributed by atoms with E-state index >= 15 is 0 Å². The number of nitrogens with zero attached hydrogens (tertiary/aromatic N) is 1. The SMILES string of the molecule is COc1ccccc1OCC(O)CC(C1CCCNC1)n1c(=O)[nH]c2ccc(Cl)cc21. The van der Waals surface area contributed by atoms with Crippen molar-refractivity contribution < 1.29 is 14.6 Å². The Morgan fingerprint density at radius 3 is 2.81 bits per heavy atom. The number of ether oxygens (including phenoxy) is 2. The number of aromatic nitrogens is 2. The van der Waals surface area contributed by atoms with E-state index < -0.39 is 6.10 Å². The fraction of sp³-hybridized carbons (Fsp3) is 0.435. The number of fused-ring (bicyclic) bond motifs is 1. The summed E-state index contributed by atoms with van der Waals surface area (Å²) in [5, 5.41) is 14.8. The Hall–Kier alpha value is -2.48. The summed E-state index contributed by atoms with van der Waals surface area (Å²) in [5.74, 6) is 1.41. The highest BCUT2D eigenvalue weighted by molar-refractivity contribution is 6.31. The van der Waals surface area contributed by atoms with Crippen molar-refractivity contribution in [3.8, 4) is 11.5 Å². The molecule has 1 aliphatic rings. The molecule has 0 bridgehead atoms. The fourth-order valence-electron chi connectivity index (χ4n) is 4.41. The van der Waals surface area contributed by atoms with Crippen LogP contribution in [0.25, 0.3) is 11.0 Å². The molecule has 1 aromatic heterocycles. The Kier molecular flexibility index (Phi) is 6.85. The molecule has 7 nitrogen and oxygen atoms in total. The molecule has 1 fully saturated rings. The van der Waals surface area contributed by atoms with Crippen LogP contribution in [0.15, 0.2) is 47.3 Å². The maximum absolute atomic E-state index is 12.9. The van der Waals surface area contributed by atoms with Gasteiger partial charge in [0.25, 0.3) is 0 Å². The largest absolute Gasteiger partial charge is 0.493 e. The molecule has 0 saturated carbocycles. The number of methoxy groups -OCH3 is 1. The minimum Gasteiger partial charge on any atom is -0.493 e. The fourth-order valence-corrected chi connectivity index (χ4v) is 4.58. The van der Waals surface area contributed by atoms with Crippen LogP contribution in [0.4, 0.5) is 0 Å². The van der Waals surface area contributed by atoms with Crippen LogP contribution in [0.5, 0.6) is 11.5 Å². The van der Waals surface area contributed by atoms with Crippen LogP contribution in [0.2, 0.25) is 5.02 Å². The number of aromatic amines is 1. The first-order valence-electron chi connectivity index (χ1n) is 10.6. The van der Waals surface area contributed by atoms with Gasteiger partial charge in [0.05, 0.1) is 24.2 Å². The Labute approximate surface area is 185 Å². The number of hydrogen-bond acceptors (Lipinski definition) is 5. The summed E-state index contributed by atoms with van der Waals surface area (Å²) in [4.78, 5) is 15.8. The molecule has 0 amide bonds. The topological polar surface area (TPSA) is 88.5 Å². The van der Waals surface area contributed by atoms with Gasteiger partial charge in [-0.1, -0.05) is 23.7 Å². The van der Waals surface area contributed by atoms with Crippen molar-refractivity contribution >= 4 is 22.6 Å². The van der Waals surface area contributed by atoms with Crippen molar-refractivity contribution in [1.29, 1.82) is 0 Å². The molecule has 166 valence electrons. The Balaban J connectivity index is 1.58. The van der Waals surface area contributed by atoms with Crippen LogP contribution in [0, 0.1) is 5.92 Å². The summed E-state index contributed by atoms with van der Waals surface area (Å²) in [5.41, 5.74) is 1.31. The van der Waals surface area contributed by atoms with E-state index in [1.54, 1.807) is 29.9 Å². The lowest BCUT2D eigenvalue weighted by Gasteiger charge is -2.33. The van der Waals surface area contributed by atoms with Crippen molar-refractivity contribution in [1.82, 2.24) is 14.9 Å². The minimum atomic E-state index is -0.757. The molecule has 0 spiro atoms. The first-order chi connectivity index (χ1) is 15.1. The second-order valence-corrected chi connectivity index (χ2v) is 8.42. The normalized spacial score (nSPS) is 18.6. The number of aliphatic hydroxyl groups is 1. The molecular formula is C23H28ClN3O4. The molecule has 4 rings (SSSR count). The molecule has 3 aromatic rings. The quantitative estimate of drug-likeness (QED) is 0.494. The number of aliphatic hydroxyl groups excluding tert-OH is 1. The molecule has 2 aromatic carbocycles. The molecular weight excluding hydrogens is 418 g/mol. The number of hydrogen-bond donors (Lipinski definition) is 3. The van der Waals surface area contributed by atoms with Gasteiger partial charge in [0.2, 0.25) is 0 Å². The van der Waals surface area contributed by atoms with E-state index in [-0.39, 0.29) is 24.3 Å². The summed E-state index contributed by atoms with van der Waals surface area (Å²) < 4.78 is 12.9. The lowest BCUT2D eigenvalue weighted by molar-refractivity contribution is 0.0718. The molecule has 2 heterocycles. The van der Waals surface area contributed by atoms with E-state index in [9.17, 15) is 9.90 Å². The van der Waals surface area contributed by atoms with Crippen molar-refractivity contribution in [2.75, 3.05) is 26.8 Å². The van der Waals surface area contributed by atoms with Gasteiger partial charge < -0.3 is 24.9 Å². The minimum absolute atomic E-state index is 0.106. The Morgan fingerprint density at radius 1 is 1.26 bits per heavy atom. The van der Waals surface area contributed by atoms with Gasteiger partial charge in [-0.15, -0.1) is 0 Å². The van der Waals surface area contributed by atoms with Gasteiger partial charge in [0, 0.05) is 11.1 Å². The number of nitrogens with one attached hydrogen (secondary N) is 2. The third kappa shape index (κ3) is 4.89. The summed E-state index contributed by atoms with van der Waals surface area (Å²) in [6.07, 6.45) is 1.65. The van der Waals surface area contributed by atoms with Crippen molar-refractivity contribution in [3.05, 3.63) is 58.0 Å². The van der Waals surface area contributed by atoms with Crippen LogP contribution in [-0.2, 0) is 0 Å². The van der Waals surface area contributed by atoms with E-state index in [1.165, 1.54) is 0 Å². The van der Waals surface area contributed by atoms with Gasteiger partial charge in [0.1, 0.15) is 6.61 Å². The molecule has 3 unspecified atom stereocenters. The summed E-state index contributed by atoms with van der Waals surface area (Å²) in [7, 11) is 1.58. The van der Waals surface area contributed by atoms with Gasteiger partial charge in [-0.25, -0.2) is 4.79 Å². The zero-order chi connectivity index (χ0) is 21.8. The number of imidazole rings is 1. The lowest BCUT2D eigenvalue weighted by atomic mass is 9.88. The number of para-hydroxylation sites is 2. The van der Waals surface area contributed by atoms with E-state index in [0.29, 0.717) is 22.9 Å². The first-order valence-corrected chi connectivity index (χ1v) is 11.0. The molecule has 0 aliphatic carbocycles. The van der Waals surface area contributed by atoms with E-state index in [0.717, 1.165) is 37.0 Å². The standard InChI is InChI=1S/C23H28ClN3O4/c1-30-21-6-2-3-7-22(21)31-14-17(28)12-19(15-5-4-10-25-13-15)27-20-11-16(24)8-9-18(20)26-23(27)29/h2-3,6-9,11,15,17,19,25,28H,4-5,10,12-14H2,1H3,(H,26,29). The van der Waals surface area contributed by atoms with E-state index in [2.05, 4.69) is 10.3 Å². The van der Waals surface area contributed by atoms with E-state index in [1.807, 2.05) is 24.3 Å². The summed E-state index contributed by atoms with van der Waals surface area (Å²) in [6, 6.07) is 12.5. The monoisotopic (exact) mass is 445 g/mol. The summed E-state index contributed by atoms with van der Waals surface area (Å²) >= 11 is 6.22. The smallest absolute Gasteiger partial charge is 0.326 e. The maximum Gasteiger partial charge on any atom is 0.326 e. The van der Waals surface area contributed by atoms with Gasteiger partial charge in [-0.2, -0.15) is 0 Å².